The zero-order valence-corrected chi connectivity index (χ0v) is 21.6. The number of nitrogens with zero attached hydrogens (tertiary/aromatic N) is 4. The summed E-state index contributed by atoms with van der Waals surface area (Å²) in [5.41, 5.74) is 1.05. The Morgan fingerprint density at radius 1 is 1.03 bits per heavy atom. The van der Waals surface area contributed by atoms with Crippen LogP contribution in [0.15, 0.2) is 54.7 Å². The van der Waals surface area contributed by atoms with Crippen LogP contribution >= 0.6 is 0 Å². The third kappa shape index (κ3) is 5.86. The summed E-state index contributed by atoms with van der Waals surface area (Å²) in [6, 6.07) is 15.6. The van der Waals surface area contributed by atoms with E-state index in [0.717, 1.165) is 11.4 Å². The molecule has 2 saturated heterocycles. The number of anilines is 1. The minimum Gasteiger partial charge on any atom is -0.354 e. The van der Waals surface area contributed by atoms with E-state index in [1.807, 2.05) is 53.4 Å². The second-order valence-corrected chi connectivity index (χ2v) is 11.0. The lowest BCUT2D eigenvalue weighted by Gasteiger charge is -2.43. The van der Waals surface area contributed by atoms with Crippen LogP contribution in [0.2, 0.25) is 0 Å². The molecule has 36 heavy (non-hydrogen) atoms. The van der Waals surface area contributed by atoms with Crippen LogP contribution in [0.25, 0.3) is 0 Å². The van der Waals surface area contributed by atoms with Crippen molar-refractivity contribution in [2.24, 2.45) is 5.41 Å². The molecule has 8 heteroatoms. The summed E-state index contributed by atoms with van der Waals surface area (Å²) in [5.74, 6) is -0.0746. The molecule has 1 aromatic heterocycles. The molecule has 192 valence electrons. The maximum atomic E-state index is 13.8. The molecular formula is C28H37N5O3. The lowest BCUT2D eigenvalue weighted by molar-refractivity contribution is -0.140. The average Bonchev–Trinajstić information content (AvgIpc) is 3.10. The number of rotatable bonds is 7. The first kappa shape index (κ1) is 25.7. The Balaban J connectivity index is 1.43. The molecule has 0 saturated carbocycles. The molecule has 3 amide bonds. The van der Waals surface area contributed by atoms with Gasteiger partial charge in [-0.2, -0.15) is 0 Å². The van der Waals surface area contributed by atoms with E-state index in [2.05, 4.69) is 36.0 Å². The van der Waals surface area contributed by atoms with Crippen LogP contribution in [-0.4, -0.2) is 70.9 Å². The number of hydrogen-bond donors (Lipinski definition) is 1. The Kier molecular flexibility index (Phi) is 7.62. The molecule has 1 spiro atoms. The quantitative estimate of drug-likeness (QED) is 0.644. The Morgan fingerprint density at radius 2 is 1.72 bits per heavy atom. The van der Waals surface area contributed by atoms with Gasteiger partial charge in [-0.25, -0.2) is 0 Å². The van der Waals surface area contributed by atoms with Crippen molar-refractivity contribution in [2.45, 2.75) is 52.0 Å². The SMILES string of the molecule is CC(C)(C)CC(=O)N1CCC2(CC1)C(=O)N(CC(=O)NCCc1ccccn1)CN2c1ccccc1. The highest BCUT2D eigenvalue weighted by Crippen LogP contribution is 2.39. The van der Waals surface area contributed by atoms with Crippen LogP contribution in [0.1, 0.15) is 45.7 Å². The van der Waals surface area contributed by atoms with Gasteiger partial charge < -0.3 is 20.0 Å². The number of hydrogen-bond acceptors (Lipinski definition) is 5. The molecule has 0 aliphatic carbocycles. The summed E-state index contributed by atoms with van der Waals surface area (Å²) in [7, 11) is 0. The topological polar surface area (TPSA) is 85.8 Å². The number of aromatic nitrogens is 1. The van der Waals surface area contributed by atoms with Gasteiger partial charge in [0.1, 0.15) is 12.1 Å². The first-order valence-electron chi connectivity index (χ1n) is 12.7. The van der Waals surface area contributed by atoms with Gasteiger partial charge in [0.15, 0.2) is 0 Å². The summed E-state index contributed by atoms with van der Waals surface area (Å²) in [6.07, 6.45) is 3.96. The number of piperidine rings is 1. The number of carbonyl (C=O) groups is 3. The van der Waals surface area contributed by atoms with E-state index in [-0.39, 0.29) is 29.7 Å². The van der Waals surface area contributed by atoms with Crippen molar-refractivity contribution in [3.8, 4) is 0 Å². The number of carbonyl (C=O) groups excluding carboxylic acids is 3. The smallest absolute Gasteiger partial charge is 0.250 e. The monoisotopic (exact) mass is 491 g/mol. The highest BCUT2D eigenvalue weighted by Gasteiger charge is 2.54. The standard InChI is InChI=1S/C28H37N5O3/c1-27(2,3)19-25(35)31-17-13-28(14-18-31)26(36)32(21-33(28)23-10-5-4-6-11-23)20-24(34)30-16-12-22-9-7-8-15-29-22/h4-11,15H,12-14,16-21H2,1-3H3,(H,30,34). The Labute approximate surface area is 213 Å². The predicted octanol–water partition coefficient (Wildman–Crippen LogP) is 2.84. The highest BCUT2D eigenvalue weighted by atomic mass is 16.2. The van der Waals surface area contributed by atoms with E-state index in [9.17, 15) is 14.4 Å². The Morgan fingerprint density at radius 3 is 2.36 bits per heavy atom. The molecule has 0 atom stereocenters. The molecule has 1 N–H and O–H groups in total. The van der Waals surface area contributed by atoms with Gasteiger partial charge in [-0.3, -0.25) is 19.4 Å². The van der Waals surface area contributed by atoms with Gasteiger partial charge in [0, 0.05) is 50.1 Å². The molecular weight excluding hydrogens is 454 g/mol. The van der Waals surface area contributed by atoms with Crippen molar-refractivity contribution < 1.29 is 14.4 Å². The van der Waals surface area contributed by atoms with Gasteiger partial charge >= 0.3 is 0 Å². The Bertz CT molecular complexity index is 1060. The van der Waals surface area contributed by atoms with E-state index in [4.69, 9.17) is 0 Å². The second-order valence-electron chi connectivity index (χ2n) is 11.0. The van der Waals surface area contributed by atoms with Gasteiger partial charge in [-0.1, -0.05) is 45.0 Å². The lowest BCUT2D eigenvalue weighted by atomic mass is 9.84. The molecule has 2 aliphatic rings. The van der Waals surface area contributed by atoms with E-state index >= 15 is 0 Å². The maximum Gasteiger partial charge on any atom is 0.250 e. The largest absolute Gasteiger partial charge is 0.354 e. The van der Waals surface area contributed by atoms with Crippen molar-refractivity contribution in [1.29, 1.82) is 0 Å². The fourth-order valence-corrected chi connectivity index (χ4v) is 5.12. The van der Waals surface area contributed by atoms with Crippen molar-refractivity contribution in [1.82, 2.24) is 20.1 Å². The van der Waals surface area contributed by atoms with Crippen molar-refractivity contribution in [3.05, 3.63) is 60.4 Å². The molecule has 0 unspecified atom stereocenters. The summed E-state index contributed by atoms with van der Waals surface area (Å²) in [6.45, 7) is 8.09. The van der Waals surface area contributed by atoms with Crippen molar-refractivity contribution in [2.75, 3.05) is 37.7 Å². The maximum absolute atomic E-state index is 13.8. The zero-order valence-electron chi connectivity index (χ0n) is 21.6. The third-order valence-electron chi connectivity index (χ3n) is 6.97. The molecule has 0 radical (unpaired) electrons. The molecule has 0 bridgehead atoms. The van der Waals surface area contributed by atoms with Crippen LogP contribution in [0.4, 0.5) is 5.69 Å². The summed E-state index contributed by atoms with van der Waals surface area (Å²) in [5, 5.41) is 2.92. The minimum atomic E-state index is -0.742. The van der Waals surface area contributed by atoms with Crippen molar-refractivity contribution >= 4 is 23.4 Å². The average molecular weight is 492 g/mol. The first-order valence-corrected chi connectivity index (χ1v) is 12.7. The number of amides is 3. The molecule has 3 heterocycles. The second kappa shape index (κ2) is 10.7. The van der Waals surface area contributed by atoms with E-state index in [0.29, 0.717) is 52.0 Å². The molecule has 1 aromatic carbocycles. The van der Waals surface area contributed by atoms with Crippen LogP contribution < -0.4 is 10.2 Å². The van der Waals surface area contributed by atoms with Gasteiger partial charge in [0.05, 0.1) is 6.67 Å². The number of pyridine rings is 1. The molecule has 2 fully saturated rings. The predicted molar refractivity (Wildman–Crippen MR) is 139 cm³/mol. The number of para-hydroxylation sites is 1. The van der Waals surface area contributed by atoms with Crippen LogP contribution in [0, 0.1) is 5.41 Å². The summed E-state index contributed by atoms with van der Waals surface area (Å²) in [4.78, 5) is 49.3. The van der Waals surface area contributed by atoms with Crippen LogP contribution in [0.5, 0.6) is 0 Å². The molecule has 2 aliphatic heterocycles. The molecule has 4 rings (SSSR count). The normalized spacial score (nSPS) is 17.5. The Hall–Kier alpha value is -3.42. The van der Waals surface area contributed by atoms with Gasteiger partial charge in [0.25, 0.3) is 5.91 Å². The summed E-state index contributed by atoms with van der Waals surface area (Å²) < 4.78 is 0. The fraction of sp³-hybridized carbons (Fsp3) is 0.500. The third-order valence-corrected chi connectivity index (χ3v) is 6.97. The van der Waals surface area contributed by atoms with E-state index in [1.54, 1.807) is 11.1 Å². The minimum absolute atomic E-state index is 0.0127. The van der Waals surface area contributed by atoms with E-state index < -0.39 is 5.54 Å². The number of likely N-dealkylation sites (tertiary alicyclic amines) is 1. The lowest BCUT2D eigenvalue weighted by Crippen LogP contribution is -2.57. The zero-order chi connectivity index (χ0) is 25.8. The molecule has 2 aromatic rings. The number of benzene rings is 1. The number of nitrogens with one attached hydrogen (secondary N) is 1. The molecule has 8 nitrogen and oxygen atoms in total. The van der Waals surface area contributed by atoms with Gasteiger partial charge in [-0.15, -0.1) is 0 Å². The van der Waals surface area contributed by atoms with Crippen molar-refractivity contribution in [3.63, 3.8) is 0 Å². The van der Waals surface area contributed by atoms with Gasteiger partial charge in [0.2, 0.25) is 11.8 Å². The van der Waals surface area contributed by atoms with E-state index in [1.165, 1.54) is 0 Å². The van der Waals surface area contributed by atoms with Crippen LogP contribution in [-0.2, 0) is 20.8 Å². The fourth-order valence-electron chi connectivity index (χ4n) is 5.12. The summed E-state index contributed by atoms with van der Waals surface area (Å²) >= 11 is 0. The highest BCUT2D eigenvalue weighted by molar-refractivity contribution is 5.96. The first-order chi connectivity index (χ1) is 17.2. The van der Waals surface area contributed by atoms with Crippen LogP contribution in [0.3, 0.4) is 0 Å². The van der Waals surface area contributed by atoms with Gasteiger partial charge in [-0.05, 0) is 42.5 Å².